The molecule has 1 aliphatic rings. The van der Waals surface area contributed by atoms with Crippen molar-refractivity contribution in [1.29, 1.82) is 0 Å². The van der Waals surface area contributed by atoms with E-state index >= 15 is 0 Å². The van der Waals surface area contributed by atoms with Crippen molar-refractivity contribution in [3.63, 3.8) is 0 Å². The molecule has 2 N–H and O–H groups in total. The van der Waals surface area contributed by atoms with Crippen molar-refractivity contribution >= 4 is 40.0 Å². The average Bonchev–Trinajstić information content (AvgIpc) is 3.38. The molecule has 148 valence electrons. The van der Waals surface area contributed by atoms with Crippen LogP contribution in [-0.4, -0.2) is 56.2 Å². The predicted octanol–water partition coefficient (Wildman–Crippen LogP) is 2.99. The number of nitrogens with one attached hydrogen (secondary N) is 2. The van der Waals surface area contributed by atoms with Crippen molar-refractivity contribution < 1.29 is 4.74 Å². The van der Waals surface area contributed by atoms with Gasteiger partial charge in [-0.3, -0.25) is 5.10 Å². The Labute approximate surface area is 171 Å². The van der Waals surface area contributed by atoms with E-state index in [2.05, 4.69) is 35.5 Å². The van der Waals surface area contributed by atoms with E-state index in [0.717, 1.165) is 54.3 Å². The van der Waals surface area contributed by atoms with Gasteiger partial charge in [-0.15, -0.1) is 5.10 Å². The Morgan fingerprint density at radius 3 is 2.79 bits per heavy atom. The van der Waals surface area contributed by atoms with Crippen LogP contribution in [0.4, 0.5) is 17.5 Å². The number of nitrogens with zero attached hydrogens (tertiary/aromatic N) is 6. The minimum atomic E-state index is 0.581. The molecule has 0 spiro atoms. The molecule has 1 aromatic carbocycles. The standard InChI is InChI=1S/C19H19ClN8O/c1-27-19(23-15-4-3-14-13(17(15)20)11-22-25-14)24-18(26-27)12-2-5-16(21-10-12)28-6-8-29-9-7-28/h2-5,10-11H,6-9H2,1H3,(H,22,25)(H,23,24,26). The van der Waals surface area contributed by atoms with Gasteiger partial charge in [-0.1, -0.05) is 11.6 Å². The lowest BCUT2D eigenvalue weighted by Crippen LogP contribution is -2.36. The molecule has 0 unspecified atom stereocenters. The van der Waals surface area contributed by atoms with Crippen LogP contribution in [0.5, 0.6) is 0 Å². The number of aromatic nitrogens is 6. The highest BCUT2D eigenvalue weighted by Gasteiger charge is 2.15. The highest BCUT2D eigenvalue weighted by Crippen LogP contribution is 2.32. The van der Waals surface area contributed by atoms with Gasteiger partial charge in [0.1, 0.15) is 5.82 Å². The van der Waals surface area contributed by atoms with Crippen molar-refractivity contribution in [2.24, 2.45) is 7.05 Å². The normalized spacial score (nSPS) is 14.5. The Morgan fingerprint density at radius 2 is 2.00 bits per heavy atom. The minimum absolute atomic E-state index is 0.581. The van der Waals surface area contributed by atoms with E-state index in [1.807, 2.05) is 31.3 Å². The van der Waals surface area contributed by atoms with Crippen molar-refractivity contribution in [1.82, 2.24) is 29.9 Å². The van der Waals surface area contributed by atoms with Crippen LogP contribution in [0.2, 0.25) is 5.02 Å². The first kappa shape index (κ1) is 17.9. The molecule has 1 aliphatic heterocycles. The lowest BCUT2D eigenvalue weighted by molar-refractivity contribution is 0.122. The fourth-order valence-corrected chi connectivity index (χ4v) is 3.57. The molecule has 0 amide bonds. The van der Waals surface area contributed by atoms with E-state index in [1.54, 1.807) is 17.1 Å². The third-order valence-electron chi connectivity index (χ3n) is 4.91. The van der Waals surface area contributed by atoms with Gasteiger partial charge in [0.25, 0.3) is 0 Å². The number of H-pyrrole nitrogens is 1. The number of morpholine rings is 1. The maximum atomic E-state index is 6.50. The number of fused-ring (bicyclic) bond motifs is 1. The lowest BCUT2D eigenvalue weighted by Gasteiger charge is -2.27. The second kappa shape index (κ2) is 7.34. The van der Waals surface area contributed by atoms with Gasteiger partial charge in [0.05, 0.1) is 35.6 Å². The van der Waals surface area contributed by atoms with E-state index in [9.17, 15) is 0 Å². The van der Waals surface area contributed by atoms with Crippen molar-refractivity contribution in [3.8, 4) is 11.4 Å². The molecule has 4 heterocycles. The Morgan fingerprint density at radius 1 is 1.14 bits per heavy atom. The molecule has 9 nitrogen and oxygen atoms in total. The molecule has 29 heavy (non-hydrogen) atoms. The number of rotatable bonds is 4. The smallest absolute Gasteiger partial charge is 0.225 e. The van der Waals surface area contributed by atoms with Crippen LogP contribution in [0, 0.1) is 0 Å². The minimum Gasteiger partial charge on any atom is -0.378 e. The third kappa shape index (κ3) is 3.39. The zero-order chi connectivity index (χ0) is 19.8. The zero-order valence-electron chi connectivity index (χ0n) is 15.8. The first-order valence-corrected chi connectivity index (χ1v) is 9.65. The number of halogens is 1. The van der Waals surface area contributed by atoms with Gasteiger partial charge in [-0.2, -0.15) is 10.1 Å². The van der Waals surface area contributed by atoms with E-state index in [4.69, 9.17) is 16.3 Å². The highest BCUT2D eigenvalue weighted by molar-refractivity contribution is 6.38. The molecule has 4 aromatic rings. The molecule has 0 atom stereocenters. The fourth-order valence-electron chi connectivity index (χ4n) is 3.31. The van der Waals surface area contributed by atoms with Gasteiger partial charge in [-0.25, -0.2) is 9.67 Å². The van der Waals surface area contributed by atoms with Gasteiger partial charge in [-0.05, 0) is 24.3 Å². The summed E-state index contributed by atoms with van der Waals surface area (Å²) in [5.74, 6) is 2.12. The van der Waals surface area contributed by atoms with Crippen LogP contribution < -0.4 is 10.2 Å². The topological polar surface area (TPSA) is 96.8 Å². The lowest BCUT2D eigenvalue weighted by atomic mass is 10.2. The summed E-state index contributed by atoms with van der Waals surface area (Å²) in [7, 11) is 1.83. The fraction of sp³-hybridized carbons (Fsp3) is 0.263. The third-order valence-corrected chi connectivity index (χ3v) is 5.32. The first-order chi connectivity index (χ1) is 14.2. The SMILES string of the molecule is Cn1nc(-c2ccc(N3CCOCC3)nc2)nc1Nc1ccc2[nH]ncc2c1Cl. The van der Waals surface area contributed by atoms with Crippen LogP contribution in [0.3, 0.4) is 0 Å². The Hall–Kier alpha value is -3.17. The number of aryl methyl sites for hydroxylation is 1. The number of ether oxygens (including phenoxy) is 1. The molecule has 0 saturated carbocycles. The first-order valence-electron chi connectivity index (χ1n) is 9.28. The van der Waals surface area contributed by atoms with Crippen LogP contribution in [0.1, 0.15) is 0 Å². The molecule has 10 heteroatoms. The summed E-state index contributed by atoms with van der Waals surface area (Å²) in [6, 6.07) is 7.78. The average molecular weight is 411 g/mol. The predicted molar refractivity (Wildman–Crippen MR) is 112 cm³/mol. The Kier molecular flexibility index (Phi) is 4.53. The molecule has 1 saturated heterocycles. The number of aromatic amines is 1. The maximum Gasteiger partial charge on any atom is 0.225 e. The molecule has 0 radical (unpaired) electrons. The molecular formula is C19H19ClN8O. The Bertz CT molecular complexity index is 1150. The van der Waals surface area contributed by atoms with Crippen molar-refractivity contribution in [2.75, 3.05) is 36.5 Å². The number of pyridine rings is 1. The van der Waals surface area contributed by atoms with Gasteiger partial charge < -0.3 is 15.0 Å². The monoisotopic (exact) mass is 410 g/mol. The molecule has 1 fully saturated rings. The van der Waals surface area contributed by atoms with Crippen LogP contribution in [-0.2, 0) is 11.8 Å². The summed E-state index contributed by atoms with van der Waals surface area (Å²) in [5.41, 5.74) is 2.47. The van der Waals surface area contributed by atoms with Crippen molar-refractivity contribution in [3.05, 3.63) is 41.7 Å². The Balaban J connectivity index is 1.39. The summed E-state index contributed by atoms with van der Waals surface area (Å²) in [4.78, 5) is 11.4. The molecule has 3 aromatic heterocycles. The zero-order valence-corrected chi connectivity index (χ0v) is 16.5. The number of hydrogen-bond acceptors (Lipinski definition) is 7. The van der Waals surface area contributed by atoms with E-state index in [-0.39, 0.29) is 0 Å². The quantitative estimate of drug-likeness (QED) is 0.533. The summed E-state index contributed by atoms with van der Waals surface area (Å²) in [5, 5.41) is 16.1. The summed E-state index contributed by atoms with van der Waals surface area (Å²) in [6.07, 6.45) is 3.50. The number of benzene rings is 1. The molecular weight excluding hydrogens is 392 g/mol. The van der Waals surface area contributed by atoms with Gasteiger partial charge >= 0.3 is 0 Å². The second-order valence-corrected chi connectivity index (χ2v) is 7.15. The maximum absolute atomic E-state index is 6.50. The molecule has 5 rings (SSSR count). The highest BCUT2D eigenvalue weighted by atomic mass is 35.5. The van der Waals surface area contributed by atoms with E-state index in [0.29, 0.717) is 16.8 Å². The van der Waals surface area contributed by atoms with E-state index in [1.165, 1.54) is 0 Å². The van der Waals surface area contributed by atoms with Crippen LogP contribution >= 0.6 is 11.6 Å². The largest absolute Gasteiger partial charge is 0.378 e. The summed E-state index contributed by atoms with van der Waals surface area (Å²) in [6.45, 7) is 3.16. The van der Waals surface area contributed by atoms with Gasteiger partial charge in [0.15, 0.2) is 5.82 Å². The number of hydrogen-bond donors (Lipinski definition) is 2. The summed E-state index contributed by atoms with van der Waals surface area (Å²) >= 11 is 6.50. The van der Waals surface area contributed by atoms with Crippen LogP contribution in [0.15, 0.2) is 36.7 Å². The molecule has 0 bridgehead atoms. The van der Waals surface area contributed by atoms with Crippen molar-refractivity contribution in [2.45, 2.75) is 0 Å². The van der Waals surface area contributed by atoms with E-state index < -0.39 is 0 Å². The second-order valence-electron chi connectivity index (χ2n) is 6.77. The summed E-state index contributed by atoms with van der Waals surface area (Å²) < 4.78 is 7.07. The van der Waals surface area contributed by atoms with Gasteiger partial charge in [0, 0.05) is 37.3 Å². The van der Waals surface area contributed by atoms with Gasteiger partial charge in [0.2, 0.25) is 5.95 Å². The molecule has 0 aliphatic carbocycles. The number of anilines is 3. The van der Waals surface area contributed by atoms with Crippen LogP contribution in [0.25, 0.3) is 22.3 Å².